The van der Waals surface area contributed by atoms with Crippen LogP contribution in [-0.2, 0) is 11.3 Å². The van der Waals surface area contributed by atoms with E-state index >= 15 is 0 Å². The van der Waals surface area contributed by atoms with Crippen molar-refractivity contribution in [2.75, 3.05) is 37.7 Å². The van der Waals surface area contributed by atoms with Gasteiger partial charge in [0.1, 0.15) is 11.6 Å². The number of benzene rings is 1. The average Bonchev–Trinajstić information content (AvgIpc) is 2.65. The first kappa shape index (κ1) is 16.4. The van der Waals surface area contributed by atoms with Crippen LogP contribution in [0.25, 0.3) is 0 Å². The minimum Gasteiger partial charge on any atom is -0.370 e. The van der Waals surface area contributed by atoms with E-state index in [4.69, 9.17) is 4.74 Å². The zero-order valence-electron chi connectivity index (χ0n) is 14.3. The molecule has 2 aliphatic rings. The summed E-state index contributed by atoms with van der Waals surface area (Å²) >= 11 is 0. The molecule has 6 heteroatoms. The van der Waals surface area contributed by atoms with E-state index in [0.717, 1.165) is 63.6 Å². The highest BCUT2D eigenvalue weighted by molar-refractivity contribution is 5.37. The summed E-state index contributed by atoms with van der Waals surface area (Å²) in [6, 6.07) is 6.79. The molecule has 1 aromatic heterocycles. The van der Waals surface area contributed by atoms with Crippen molar-refractivity contribution >= 4 is 5.82 Å². The minimum atomic E-state index is -0.186. The number of hydrogen-bond acceptors (Lipinski definition) is 5. The molecule has 1 aromatic carbocycles. The highest BCUT2D eigenvalue weighted by Gasteiger charge is 2.40. The molecule has 2 aliphatic heterocycles. The van der Waals surface area contributed by atoms with Crippen molar-refractivity contribution in [2.24, 2.45) is 0 Å². The first-order valence-corrected chi connectivity index (χ1v) is 8.84. The quantitative estimate of drug-likeness (QED) is 0.857. The van der Waals surface area contributed by atoms with Crippen molar-refractivity contribution in [3.8, 4) is 0 Å². The maximum absolute atomic E-state index is 13.1. The summed E-state index contributed by atoms with van der Waals surface area (Å²) in [5.74, 6) is 0.731. The Labute approximate surface area is 147 Å². The predicted octanol–water partition coefficient (Wildman–Crippen LogP) is 2.49. The van der Waals surface area contributed by atoms with Gasteiger partial charge in [0.05, 0.1) is 18.4 Å². The molecule has 3 heterocycles. The molecule has 0 bridgehead atoms. The van der Waals surface area contributed by atoms with Gasteiger partial charge in [0.25, 0.3) is 0 Å². The van der Waals surface area contributed by atoms with E-state index in [1.54, 1.807) is 12.4 Å². The summed E-state index contributed by atoms with van der Waals surface area (Å²) in [7, 11) is 0. The van der Waals surface area contributed by atoms with E-state index in [1.807, 2.05) is 18.3 Å². The van der Waals surface area contributed by atoms with Crippen LogP contribution in [0.2, 0.25) is 0 Å². The van der Waals surface area contributed by atoms with E-state index in [2.05, 4.69) is 19.8 Å². The van der Waals surface area contributed by atoms with Gasteiger partial charge in [0.15, 0.2) is 0 Å². The third-order valence-corrected chi connectivity index (χ3v) is 5.06. The molecule has 0 radical (unpaired) electrons. The van der Waals surface area contributed by atoms with E-state index in [1.165, 1.54) is 12.1 Å². The minimum absolute atomic E-state index is 0.159. The van der Waals surface area contributed by atoms with Crippen LogP contribution >= 0.6 is 0 Å². The first-order chi connectivity index (χ1) is 12.2. The van der Waals surface area contributed by atoms with Crippen molar-refractivity contribution < 1.29 is 9.13 Å². The SMILES string of the molecule is Fc1ccc(CN2CCOC3(CCCN(c4cnccn4)C3)C2)cc1. The Morgan fingerprint density at radius 3 is 2.80 bits per heavy atom. The molecular formula is C19H23FN4O. The second-order valence-corrected chi connectivity index (χ2v) is 6.96. The van der Waals surface area contributed by atoms with Gasteiger partial charge in [-0.15, -0.1) is 0 Å². The number of ether oxygens (including phenoxy) is 1. The third kappa shape index (κ3) is 3.80. The van der Waals surface area contributed by atoms with Gasteiger partial charge in [-0.05, 0) is 30.5 Å². The molecular weight excluding hydrogens is 319 g/mol. The molecule has 132 valence electrons. The van der Waals surface area contributed by atoms with E-state index < -0.39 is 0 Å². The number of rotatable bonds is 3. The highest BCUT2D eigenvalue weighted by Crippen LogP contribution is 2.31. The zero-order valence-corrected chi connectivity index (χ0v) is 14.3. The largest absolute Gasteiger partial charge is 0.370 e. The lowest BCUT2D eigenvalue weighted by atomic mass is 9.90. The van der Waals surface area contributed by atoms with Crippen molar-refractivity contribution in [1.29, 1.82) is 0 Å². The van der Waals surface area contributed by atoms with Crippen molar-refractivity contribution in [1.82, 2.24) is 14.9 Å². The zero-order chi connectivity index (χ0) is 17.1. The van der Waals surface area contributed by atoms with Gasteiger partial charge < -0.3 is 9.64 Å². The van der Waals surface area contributed by atoms with Gasteiger partial charge in [0, 0.05) is 45.1 Å². The van der Waals surface area contributed by atoms with Crippen LogP contribution < -0.4 is 4.90 Å². The summed E-state index contributed by atoms with van der Waals surface area (Å²) in [6.07, 6.45) is 7.40. The number of anilines is 1. The number of halogens is 1. The summed E-state index contributed by atoms with van der Waals surface area (Å²) in [4.78, 5) is 13.3. The van der Waals surface area contributed by atoms with E-state index in [-0.39, 0.29) is 11.4 Å². The van der Waals surface area contributed by atoms with Crippen LogP contribution in [0.4, 0.5) is 10.2 Å². The van der Waals surface area contributed by atoms with Gasteiger partial charge in [-0.3, -0.25) is 9.88 Å². The lowest BCUT2D eigenvalue weighted by Gasteiger charge is -2.48. The Morgan fingerprint density at radius 1 is 1.12 bits per heavy atom. The number of piperidine rings is 1. The fourth-order valence-corrected chi connectivity index (χ4v) is 3.90. The smallest absolute Gasteiger partial charge is 0.147 e. The van der Waals surface area contributed by atoms with Crippen molar-refractivity contribution in [3.05, 3.63) is 54.2 Å². The Hall–Kier alpha value is -2.05. The third-order valence-electron chi connectivity index (χ3n) is 5.06. The standard InChI is InChI=1S/C19H23FN4O/c20-17-4-2-16(3-5-17)13-23-10-11-25-19(14-23)6-1-9-24(15-19)18-12-21-7-8-22-18/h2-5,7-8,12H,1,6,9-11,13-15H2. The van der Waals surface area contributed by atoms with Gasteiger partial charge in [-0.1, -0.05) is 12.1 Å². The molecule has 4 rings (SSSR count). The molecule has 2 fully saturated rings. The van der Waals surface area contributed by atoms with Crippen LogP contribution in [0, 0.1) is 5.82 Å². The summed E-state index contributed by atoms with van der Waals surface area (Å²) < 4.78 is 19.4. The molecule has 1 atom stereocenters. The molecule has 0 amide bonds. The molecule has 2 saturated heterocycles. The van der Waals surface area contributed by atoms with Crippen LogP contribution in [0.1, 0.15) is 18.4 Å². The average molecular weight is 342 g/mol. The maximum Gasteiger partial charge on any atom is 0.147 e. The molecule has 0 N–H and O–H groups in total. The molecule has 25 heavy (non-hydrogen) atoms. The monoisotopic (exact) mass is 342 g/mol. The number of hydrogen-bond donors (Lipinski definition) is 0. The van der Waals surface area contributed by atoms with E-state index in [9.17, 15) is 4.39 Å². The lowest BCUT2D eigenvalue weighted by Crippen LogP contribution is -2.59. The van der Waals surface area contributed by atoms with Gasteiger partial charge in [0.2, 0.25) is 0 Å². The highest BCUT2D eigenvalue weighted by atomic mass is 19.1. The Bertz CT molecular complexity index is 692. The second-order valence-electron chi connectivity index (χ2n) is 6.96. The maximum atomic E-state index is 13.1. The van der Waals surface area contributed by atoms with Crippen LogP contribution in [-0.4, -0.2) is 53.3 Å². The normalized spacial score (nSPS) is 24.6. The van der Waals surface area contributed by atoms with Crippen LogP contribution in [0.15, 0.2) is 42.9 Å². The van der Waals surface area contributed by atoms with Gasteiger partial charge >= 0.3 is 0 Å². The second kappa shape index (κ2) is 7.06. The summed E-state index contributed by atoms with van der Waals surface area (Å²) in [6.45, 7) is 5.19. The summed E-state index contributed by atoms with van der Waals surface area (Å²) in [5.41, 5.74) is 0.980. The molecule has 5 nitrogen and oxygen atoms in total. The number of aromatic nitrogens is 2. The van der Waals surface area contributed by atoms with Gasteiger partial charge in [-0.2, -0.15) is 0 Å². The van der Waals surface area contributed by atoms with E-state index in [0.29, 0.717) is 0 Å². The fraction of sp³-hybridized carbons (Fsp3) is 0.474. The fourth-order valence-electron chi connectivity index (χ4n) is 3.90. The van der Waals surface area contributed by atoms with Gasteiger partial charge in [-0.25, -0.2) is 9.37 Å². The Morgan fingerprint density at radius 2 is 2.00 bits per heavy atom. The predicted molar refractivity (Wildman–Crippen MR) is 93.8 cm³/mol. The molecule has 1 spiro atoms. The molecule has 2 aromatic rings. The molecule has 0 aliphatic carbocycles. The lowest BCUT2D eigenvalue weighted by molar-refractivity contribution is -0.116. The first-order valence-electron chi connectivity index (χ1n) is 8.84. The van der Waals surface area contributed by atoms with Crippen molar-refractivity contribution in [2.45, 2.75) is 25.0 Å². The number of nitrogens with zero attached hydrogens (tertiary/aromatic N) is 4. The topological polar surface area (TPSA) is 41.5 Å². The Kier molecular flexibility index (Phi) is 4.63. The Balaban J connectivity index is 1.45. The molecule has 1 unspecified atom stereocenters. The van der Waals surface area contributed by atoms with Crippen LogP contribution in [0.3, 0.4) is 0 Å². The number of morpholine rings is 1. The molecule has 0 saturated carbocycles. The van der Waals surface area contributed by atoms with Crippen LogP contribution in [0.5, 0.6) is 0 Å². The summed E-state index contributed by atoms with van der Waals surface area (Å²) in [5, 5.41) is 0. The van der Waals surface area contributed by atoms with Crippen molar-refractivity contribution in [3.63, 3.8) is 0 Å².